The van der Waals surface area contributed by atoms with E-state index in [1.807, 2.05) is 19.6 Å². The van der Waals surface area contributed by atoms with Gasteiger partial charge in [-0.2, -0.15) is 0 Å². The van der Waals surface area contributed by atoms with Gasteiger partial charge in [-0.15, -0.1) is 0 Å². The number of imidazole rings is 1. The summed E-state index contributed by atoms with van der Waals surface area (Å²) in [7, 11) is 1.99. The Morgan fingerprint density at radius 3 is 2.81 bits per heavy atom. The maximum absolute atomic E-state index is 4.26. The molecule has 1 aliphatic rings. The van der Waals surface area contributed by atoms with Gasteiger partial charge < -0.3 is 9.88 Å². The van der Waals surface area contributed by atoms with Crippen LogP contribution in [-0.4, -0.2) is 16.6 Å². The van der Waals surface area contributed by atoms with Gasteiger partial charge in [-0.3, -0.25) is 0 Å². The number of rotatable bonds is 4. The molecule has 1 fully saturated rings. The summed E-state index contributed by atoms with van der Waals surface area (Å²) in [5, 5.41) is 3.20. The maximum Gasteiger partial charge on any atom is 0.0948 e. The standard InChI is InChI=1S/C13H23N3/c1-13(6-4-3-5-7-13)10-16-11-15-9-12(16)8-14-2/h9,11,14H,3-8,10H2,1-2H3. The Balaban J connectivity index is 2.04. The third kappa shape index (κ3) is 2.64. The molecular formula is C13H23N3. The fourth-order valence-electron chi connectivity index (χ4n) is 2.79. The van der Waals surface area contributed by atoms with Crippen LogP contribution < -0.4 is 5.32 Å². The van der Waals surface area contributed by atoms with E-state index in [9.17, 15) is 0 Å². The third-order valence-corrected chi connectivity index (χ3v) is 3.77. The van der Waals surface area contributed by atoms with E-state index in [0.717, 1.165) is 13.1 Å². The molecule has 0 aliphatic heterocycles. The van der Waals surface area contributed by atoms with Crippen LogP contribution in [0.1, 0.15) is 44.7 Å². The lowest BCUT2D eigenvalue weighted by atomic mass is 9.75. The minimum Gasteiger partial charge on any atom is -0.333 e. The highest BCUT2D eigenvalue weighted by Gasteiger charge is 2.27. The van der Waals surface area contributed by atoms with Crippen LogP contribution in [0.4, 0.5) is 0 Å². The highest BCUT2D eigenvalue weighted by Crippen LogP contribution is 2.37. The van der Waals surface area contributed by atoms with Crippen molar-refractivity contribution in [3.05, 3.63) is 18.2 Å². The number of nitrogens with one attached hydrogen (secondary N) is 1. The molecule has 0 radical (unpaired) electrons. The zero-order valence-electron chi connectivity index (χ0n) is 10.5. The van der Waals surface area contributed by atoms with E-state index in [0.29, 0.717) is 5.41 Å². The summed E-state index contributed by atoms with van der Waals surface area (Å²) in [4.78, 5) is 4.26. The van der Waals surface area contributed by atoms with Crippen molar-refractivity contribution in [2.45, 2.75) is 52.1 Å². The summed E-state index contributed by atoms with van der Waals surface area (Å²) >= 11 is 0. The first-order valence-corrected chi connectivity index (χ1v) is 6.37. The summed E-state index contributed by atoms with van der Waals surface area (Å²) in [5.41, 5.74) is 1.79. The zero-order chi connectivity index (χ0) is 11.4. The molecule has 3 nitrogen and oxygen atoms in total. The average Bonchev–Trinajstić information content (AvgIpc) is 2.67. The van der Waals surface area contributed by atoms with E-state index in [1.54, 1.807) is 0 Å². The van der Waals surface area contributed by atoms with Gasteiger partial charge in [0.25, 0.3) is 0 Å². The zero-order valence-corrected chi connectivity index (χ0v) is 10.5. The third-order valence-electron chi connectivity index (χ3n) is 3.77. The Bertz CT molecular complexity index is 324. The topological polar surface area (TPSA) is 29.9 Å². The van der Waals surface area contributed by atoms with Crippen LogP contribution in [0.5, 0.6) is 0 Å². The minimum absolute atomic E-state index is 0.488. The van der Waals surface area contributed by atoms with Crippen molar-refractivity contribution in [2.75, 3.05) is 7.05 Å². The normalized spacial score (nSPS) is 19.9. The van der Waals surface area contributed by atoms with Gasteiger partial charge in [-0.25, -0.2) is 4.98 Å². The van der Waals surface area contributed by atoms with Crippen LogP contribution in [0, 0.1) is 5.41 Å². The molecule has 0 amide bonds. The SMILES string of the molecule is CNCc1cncn1CC1(C)CCCCC1. The van der Waals surface area contributed by atoms with E-state index in [1.165, 1.54) is 37.8 Å². The van der Waals surface area contributed by atoms with Crippen molar-refractivity contribution in [3.63, 3.8) is 0 Å². The van der Waals surface area contributed by atoms with Crippen molar-refractivity contribution in [2.24, 2.45) is 5.41 Å². The first-order valence-electron chi connectivity index (χ1n) is 6.37. The minimum atomic E-state index is 0.488. The van der Waals surface area contributed by atoms with Crippen molar-refractivity contribution in [1.82, 2.24) is 14.9 Å². The molecule has 90 valence electrons. The van der Waals surface area contributed by atoms with Gasteiger partial charge in [0.15, 0.2) is 0 Å². The molecule has 0 spiro atoms. The summed E-state index contributed by atoms with van der Waals surface area (Å²) in [6.45, 7) is 4.47. The Morgan fingerprint density at radius 2 is 2.12 bits per heavy atom. The predicted molar refractivity (Wildman–Crippen MR) is 66.2 cm³/mol. The molecule has 0 unspecified atom stereocenters. The highest BCUT2D eigenvalue weighted by molar-refractivity contribution is 4.99. The molecule has 0 saturated heterocycles. The molecular weight excluding hydrogens is 198 g/mol. The number of hydrogen-bond acceptors (Lipinski definition) is 2. The molecule has 2 rings (SSSR count). The van der Waals surface area contributed by atoms with Crippen LogP contribution >= 0.6 is 0 Å². The van der Waals surface area contributed by atoms with E-state index in [2.05, 4.69) is 21.8 Å². The summed E-state index contributed by atoms with van der Waals surface area (Å²) in [5.74, 6) is 0. The van der Waals surface area contributed by atoms with Crippen molar-refractivity contribution in [1.29, 1.82) is 0 Å². The second-order valence-electron chi connectivity index (χ2n) is 5.41. The molecule has 0 bridgehead atoms. The van der Waals surface area contributed by atoms with E-state index in [4.69, 9.17) is 0 Å². The first kappa shape index (κ1) is 11.6. The van der Waals surface area contributed by atoms with Gasteiger partial charge in [0.05, 0.1) is 12.0 Å². The van der Waals surface area contributed by atoms with Gasteiger partial charge in [-0.1, -0.05) is 26.2 Å². The van der Waals surface area contributed by atoms with Crippen molar-refractivity contribution >= 4 is 0 Å². The highest BCUT2D eigenvalue weighted by atomic mass is 15.1. The van der Waals surface area contributed by atoms with Gasteiger partial charge in [-0.05, 0) is 25.3 Å². The van der Waals surface area contributed by atoms with Crippen LogP contribution in [0.25, 0.3) is 0 Å². The lowest BCUT2D eigenvalue weighted by Crippen LogP contribution is -2.27. The Labute approximate surface area is 98.3 Å². The maximum atomic E-state index is 4.26. The molecule has 1 aromatic rings. The molecule has 0 aromatic carbocycles. The predicted octanol–water partition coefficient (Wildman–Crippen LogP) is 2.57. The van der Waals surface area contributed by atoms with Gasteiger partial charge in [0.1, 0.15) is 0 Å². The number of nitrogens with zero attached hydrogens (tertiary/aromatic N) is 2. The van der Waals surface area contributed by atoms with Crippen LogP contribution in [0.2, 0.25) is 0 Å². The van der Waals surface area contributed by atoms with Crippen LogP contribution in [-0.2, 0) is 13.1 Å². The molecule has 1 aromatic heterocycles. The van der Waals surface area contributed by atoms with E-state index in [-0.39, 0.29) is 0 Å². The number of aromatic nitrogens is 2. The smallest absolute Gasteiger partial charge is 0.0948 e. The van der Waals surface area contributed by atoms with Gasteiger partial charge in [0.2, 0.25) is 0 Å². The molecule has 1 N–H and O–H groups in total. The Kier molecular flexibility index (Phi) is 3.64. The molecule has 16 heavy (non-hydrogen) atoms. The molecule has 3 heteroatoms. The summed E-state index contributed by atoms with van der Waals surface area (Å²) in [6, 6.07) is 0. The average molecular weight is 221 g/mol. The van der Waals surface area contributed by atoms with Gasteiger partial charge in [0, 0.05) is 19.3 Å². The van der Waals surface area contributed by atoms with Gasteiger partial charge >= 0.3 is 0 Å². The largest absolute Gasteiger partial charge is 0.333 e. The number of hydrogen-bond donors (Lipinski definition) is 1. The second kappa shape index (κ2) is 5.00. The van der Waals surface area contributed by atoms with Crippen LogP contribution in [0.3, 0.4) is 0 Å². The first-order chi connectivity index (χ1) is 7.73. The fourth-order valence-corrected chi connectivity index (χ4v) is 2.79. The van der Waals surface area contributed by atoms with Crippen LogP contribution in [0.15, 0.2) is 12.5 Å². The Hall–Kier alpha value is -0.830. The van der Waals surface area contributed by atoms with Crippen molar-refractivity contribution < 1.29 is 0 Å². The lowest BCUT2D eigenvalue weighted by molar-refractivity contribution is 0.181. The quantitative estimate of drug-likeness (QED) is 0.847. The molecule has 1 saturated carbocycles. The lowest BCUT2D eigenvalue weighted by Gasteiger charge is -2.34. The van der Waals surface area contributed by atoms with Crippen molar-refractivity contribution in [3.8, 4) is 0 Å². The monoisotopic (exact) mass is 221 g/mol. The van der Waals surface area contributed by atoms with E-state index >= 15 is 0 Å². The molecule has 1 aliphatic carbocycles. The molecule has 0 atom stereocenters. The summed E-state index contributed by atoms with van der Waals surface area (Å²) in [6.07, 6.45) is 10.9. The Morgan fingerprint density at radius 1 is 1.38 bits per heavy atom. The second-order valence-corrected chi connectivity index (χ2v) is 5.41. The summed E-state index contributed by atoms with van der Waals surface area (Å²) < 4.78 is 2.32. The van der Waals surface area contributed by atoms with E-state index < -0.39 is 0 Å². The molecule has 1 heterocycles. The fraction of sp³-hybridized carbons (Fsp3) is 0.769.